The van der Waals surface area contributed by atoms with Gasteiger partial charge in [0.15, 0.2) is 0 Å². The highest BCUT2D eigenvalue weighted by Gasteiger charge is 2.46. The minimum absolute atomic E-state index is 0.124. The van der Waals surface area contributed by atoms with Gasteiger partial charge in [-0.3, -0.25) is 4.79 Å². The Balaban J connectivity index is 1.76. The van der Waals surface area contributed by atoms with Gasteiger partial charge in [0.25, 0.3) is 5.91 Å². The van der Waals surface area contributed by atoms with Gasteiger partial charge < -0.3 is 16.4 Å². The number of primary amides is 1. The number of benzene rings is 1. The third-order valence-corrected chi connectivity index (χ3v) is 7.00. The van der Waals surface area contributed by atoms with Crippen molar-refractivity contribution in [2.45, 2.75) is 38.6 Å². The first kappa shape index (κ1) is 19.4. The summed E-state index contributed by atoms with van der Waals surface area (Å²) in [7, 11) is 0. The van der Waals surface area contributed by atoms with Crippen molar-refractivity contribution in [3.63, 3.8) is 0 Å². The second-order valence-electron chi connectivity index (χ2n) is 7.83. The number of aryl methyl sites for hydroxylation is 1. The van der Waals surface area contributed by atoms with Crippen molar-refractivity contribution in [1.82, 2.24) is 9.97 Å². The summed E-state index contributed by atoms with van der Waals surface area (Å²) in [4.78, 5) is 23.6. The second-order valence-corrected chi connectivity index (χ2v) is 8.62. The second kappa shape index (κ2) is 7.17. The molecule has 0 radical (unpaired) electrons. The number of hydrogen-bond donors (Lipinski definition) is 2. The van der Waals surface area contributed by atoms with Gasteiger partial charge in [0, 0.05) is 35.7 Å². The Kier molecular flexibility index (Phi) is 4.98. The summed E-state index contributed by atoms with van der Waals surface area (Å²) in [5.41, 5.74) is 14.1. The molecule has 2 fully saturated rings. The summed E-state index contributed by atoms with van der Waals surface area (Å²) >= 11 is 12.5. The van der Waals surface area contributed by atoms with Gasteiger partial charge in [-0.2, -0.15) is 0 Å². The molecule has 6 nitrogen and oxygen atoms in total. The van der Waals surface area contributed by atoms with Crippen LogP contribution in [0.2, 0.25) is 10.0 Å². The van der Waals surface area contributed by atoms with Crippen LogP contribution in [-0.2, 0) is 0 Å². The third kappa shape index (κ3) is 3.13. The number of carbonyl (C=O) groups is 1. The molecule has 1 saturated carbocycles. The van der Waals surface area contributed by atoms with Crippen LogP contribution in [-0.4, -0.2) is 35.0 Å². The van der Waals surface area contributed by atoms with E-state index in [9.17, 15) is 4.79 Å². The molecule has 148 valence electrons. The smallest absolute Gasteiger partial charge is 0.268 e. The van der Waals surface area contributed by atoms with Gasteiger partial charge in [-0.05, 0) is 32.3 Å². The van der Waals surface area contributed by atoms with Crippen molar-refractivity contribution in [3.8, 4) is 11.1 Å². The lowest BCUT2D eigenvalue weighted by Gasteiger charge is -2.28. The molecule has 1 saturated heterocycles. The molecule has 1 amide bonds. The zero-order chi connectivity index (χ0) is 20.1. The first-order valence-electron chi connectivity index (χ1n) is 9.46. The maximum atomic E-state index is 12.2. The predicted octanol–water partition coefficient (Wildman–Crippen LogP) is 3.57. The zero-order valence-corrected chi connectivity index (χ0v) is 17.2. The lowest BCUT2D eigenvalue weighted by atomic mass is 9.82. The molecule has 1 aromatic carbocycles. The maximum absolute atomic E-state index is 12.2. The maximum Gasteiger partial charge on any atom is 0.268 e. The molecular weight excluding hydrogens is 397 g/mol. The largest absolute Gasteiger partial charge is 0.364 e. The summed E-state index contributed by atoms with van der Waals surface area (Å²) in [5.74, 6) is -0.103. The molecule has 2 aliphatic rings. The Morgan fingerprint density at radius 2 is 2.07 bits per heavy atom. The van der Waals surface area contributed by atoms with Crippen molar-refractivity contribution in [2.75, 3.05) is 18.0 Å². The fraction of sp³-hybridized carbons (Fsp3) is 0.450. The Hall–Kier alpha value is -1.89. The Bertz CT molecular complexity index is 950. The Labute approximate surface area is 174 Å². The van der Waals surface area contributed by atoms with E-state index < -0.39 is 5.91 Å². The zero-order valence-electron chi connectivity index (χ0n) is 15.7. The highest BCUT2D eigenvalue weighted by atomic mass is 35.5. The lowest BCUT2D eigenvalue weighted by molar-refractivity contribution is 0.0996. The van der Waals surface area contributed by atoms with Crippen molar-refractivity contribution >= 4 is 35.1 Å². The Morgan fingerprint density at radius 3 is 2.75 bits per heavy atom. The van der Waals surface area contributed by atoms with Gasteiger partial charge >= 0.3 is 0 Å². The predicted molar refractivity (Wildman–Crippen MR) is 112 cm³/mol. The number of carbonyl (C=O) groups excluding carboxylic acids is 1. The van der Waals surface area contributed by atoms with Crippen LogP contribution < -0.4 is 16.4 Å². The molecule has 2 atom stereocenters. The van der Waals surface area contributed by atoms with E-state index in [4.69, 9.17) is 34.7 Å². The molecule has 2 aromatic rings. The van der Waals surface area contributed by atoms with Crippen LogP contribution in [0.5, 0.6) is 0 Å². The van der Waals surface area contributed by atoms with Crippen molar-refractivity contribution in [1.29, 1.82) is 0 Å². The van der Waals surface area contributed by atoms with Gasteiger partial charge in [-0.25, -0.2) is 9.97 Å². The quantitative estimate of drug-likeness (QED) is 0.791. The molecule has 4 rings (SSSR count). The van der Waals surface area contributed by atoms with Gasteiger partial charge in [-0.15, -0.1) is 0 Å². The van der Waals surface area contributed by atoms with Crippen LogP contribution in [0.3, 0.4) is 0 Å². The monoisotopic (exact) mass is 419 g/mol. The van der Waals surface area contributed by atoms with E-state index in [2.05, 4.69) is 14.9 Å². The van der Waals surface area contributed by atoms with E-state index in [1.165, 1.54) is 0 Å². The number of amides is 1. The minimum Gasteiger partial charge on any atom is -0.364 e. The third-order valence-electron chi connectivity index (χ3n) is 6.18. The normalized spacial score (nSPS) is 24.3. The van der Waals surface area contributed by atoms with Gasteiger partial charge in [-0.1, -0.05) is 41.8 Å². The SMILES string of the molecule is Cc1nc(N2CCC3(CCC[C@H]3N)C2)nc(C(N)=O)c1-c1cccc(Cl)c1Cl. The number of hydrogen-bond acceptors (Lipinski definition) is 5. The summed E-state index contributed by atoms with van der Waals surface area (Å²) in [6.45, 7) is 3.46. The number of nitrogens with zero attached hydrogens (tertiary/aromatic N) is 3. The van der Waals surface area contributed by atoms with Crippen LogP contribution in [0.15, 0.2) is 18.2 Å². The number of anilines is 1. The minimum atomic E-state index is -0.621. The van der Waals surface area contributed by atoms with E-state index in [-0.39, 0.29) is 17.2 Å². The molecule has 2 heterocycles. The fourth-order valence-corrected chi connectivity index (χ4v) is 5.03. The molecule has 1 aromatic heterocycles. The Morgan fingerprint density at radius 1 is 1.29 bits per heavy atom. The highest BCUT2D eigenvalue weighted by molar-refractivity contribution is 6.43. The van der Waals surface area contributed by atoms with E-state index in [1.807, 2.05) is 6.92 Å². The lowest BCUT2D eigenvalue weighted by Crippen LogP contribution is -2.39. The van der Waals surface area contributed by atoms with E-state index in [1.54, 1.807) is 18.2 Å². The van der Waals surface area contributed by atoms with E-state index in [0.29, 0.717) is 32.8 Å². The number of aromatic nitrogens is 2. The van der Waals surface area contributed by atoms with Crippen LogP contribution in [0.4, 0.5) is 5.95 Å². The highest BCUT2D eigenvalue weighted by Crippen LogP contribution is 2.45. The summed E-state index contributed by atoms with van der Waals surface area (Å²) < 4.78 is 0. The summed E-state index contributed by atoms with van der Waals surface area (Å²) in [5, 5.41) is 0.748. The van der Waals surface area contributed by atoms with Crippen LogP contribution in [0.25, 0.3) is 11.1 Å². The molecular formula is C20H23Cl2N5O. The molecule has 1 unspecified atom stereocenters. The van der Waals surface area contributed by atoms with Crippen molar-refractivity contribution < 1.29 is 4.79 Å². The molecule has 0 bridgehead atoms. The number of rotatable bonds is 3. The van der Waals surface area contributed by atoms with E-state index >= 15 is 0 Å². The van der Waals surface area contributed by atoms with Gasteiger partial charge in [0.05, 0.1) is 15.7 Å². The van der Waals surface area contributed by atoms with Crippen LogP contribution in [0, 0.1) is 12.3 Å². The average molecular weight is 420 g/mol. The summed E-state index contributed by atoms with van der Waals surface area (Å²) in [6, 6.07) is 5.46. The van der Waals surface area contributed by atoms with Crippen molar-refractivity contribution in [3.05, 3.63) is 39.6 Å². The average Bonchev–Trinajstić information content (AvgIpc) is 3.24. The molecule has 28 heavy (non-hydrogen) atoms. The van der Waals surface area contributed by atoms with Crippen LogP contribution in [0.1, 0.15) is 41.9 Å². The standard InChI is InChI=1S/C20H23Cl2N5O/c1-11-15(12-4-2-5-13(21)16(12)22)17(18(24)28)26-19(25-11)27-9-8-20(10-27)7-3-6-14(20)23/h2,4-5,14H,3,6-10,23H2,1H3,(H2,24,28)/t14-,20?/m1/s1. The first-order valence-corrected chi connectivity index (χ1v) is 10.2. The number of nitrogens with two attached hydrogens (primary N) is 2. The topological polar surface area (TPSA) is 98.1 Å². The summed E-state index contributed by atoms with van der Waals surface area (Å²) in [6.07, 6.45) is 4.37. The molecule has 1 aliphatic heterocycles. The van der Waals surface area contributed by atoms with Crippen molar-refractivity contribution in [2.24, 2.45) is 16.9 Å². The van der Waals surface area contributed by atoms with Crippen LogP contribution >= 0.6 is 23.2 Å². The molecule has 8 heteroatoms. The van der Waals surface area contributed by atoms with Gasteiger partial charge in [0.2, 0.25) is 5.95 Å². The molecule has 1 spiro atoms. The van der Waals surface area contributed by atoms with Gasteiger partial charge in [0.1, 0.15) is 5.69 Å². The fourth-order valence-electron chi connectivity index (χ4n) is 4.64. The molecule has 4 N–H and O–H groups in total. The first-order chi connectivity index (χ1) is 13.3. The number of halogens is 2. The van der Waals surface area contributed by atoms with E-state index in [0.717, 1.165) is 38.8 Å². The molecule has 1 aliphatic carbocycles.